The Labute approximate surface area is 172 Å². The number of carbonyl (C=O) groups is 2. The zero-order valence-corrected chi connectivity index (χ0v) is 17.5. The van der Waals surface area contributed by atoms with Gasteiger partial charge in [0.2, 0.25) is 0 Å². The number of fused-ring (bicyclic) bond motifs is 2. The van der Waals surface area contributed by atoms with Crippen LogP contribution in [-0.2, 0) is 16.1 Å². The topological polar surface area (TPSA) is 62.3 Å². The molecule has 4 aliphatic rings. The van der Waals surface area contributed by atoms with Crippen molar-refractivity contribution < 1.29 is 19.1 Å². The summed E-state index contributed by atoms with van der Waals surface area (Å²) < 4.78 is 11.0. The molecule has 3 atom stereocenters. The third-order valence-electron chi connectivity index (χ3n) is 5.97. The first-order valence-electron chi connectivity index (χ1n) is 10.5. The number of benzene rings is 1. The summed E-state index contributed by atoms with van der Waals surface area (Å²) in [5, 5.41) is 0. The zero-order valence-electron chi connectivity index (χ0n) is 17.5. The molecule has 0 saturated carbocycles. The van der Waals surface area contributed by atoms with Crippen LogP contribution in [0.1, 0.15) is 39.2 Å². The van der Waals surface area contributed by atoms with Gasteiger partial charge in [0.25, 0.3) is 0 Å². The quantitative estimate of drug-likeness (QED) is 0.779. The summed E-state index contributed by atoms with van der Waals surface area (Å²) in [5.74, 6) is 0. The maximum absolute atomic E-state index is 12.4. The molecule has 2 bridgehead atoms. The maximum atomic E-state index is 12.4. The van der Waals surface area contributed by atoms with E-state index in [4.69, 9.17) is 9.47 Å². The fourth-order valence-electron chi connectivity index (χ4n) is 4.57. The van der Waals surface area contributed by atoms with Crippen molar-refractivity contribution in [2.75, 3.05) is 26.2 Å². The third-order valence-corrected chi connectivity index (χ3v) is 5.97. The number of likely N-dealkylation sites (tertiary alicyclic amines) is 1. The van der Waals surface area contributed by atoms with Crippen molar-refractivity contribution in [1.29, 1.82) is 0 Å². The number of ether oxygens (including phenoxy) is 2. The van der Waals surface area contributed by atoms with Crippen molar-refractivity contribution in [3.05, 3.63) is 35.9 Å². The number of nitrogens with zero attached hydrogens (tertiary/aromatic N) is 3. The first-order chi connectivity index (χ1) is 13.8. The lowest BCUT2D eigenvalue weighted by atomic mass is 9.87. The van der Waals surface area contributed by atoms with E-state index in [2.05, 4.69) is 4.90 Å². The van der Waals surface area contributed by atoms with E-state index in [0.717, 1.165) is 38.0 Å². The molecule has 5 rings (SSSR count). The van der Waals surface area contributed by atoms with Crippen LogP contribution in [0.4, 0.5) is 9.59 Å². The lowest BCUT2D eigenvalue weighted by Crippen LogP contribution is -2.71. The van der Waals surface area contributed by atoms with Crippen LogP contribution >= 0.6 is 0 Å². The number of rotatable bonds is 3. The van der Waals surface area contributed by atoms with Gasteiger partial charge < -0.3 is 14.4 Å². The molecule has 1 aromatic rings. The van der Waals surface area contributed by atoms with Gasteiger partial charge in [-0.2, -0.15) is 0 Å². The van der Waals surface area contributed by atoms with Crippen LogP contribution in [0.25, 0.3) is 0 Å². The Hall–Kier alpha value is -2.28. The summed E-state index contributed by atoms with van der Waals surface area (Å²) in [7, 11) is 0. The van der Waals surface area contributed by atoms with Gasteiger partial charge in [-0.3, -0.25) is 9.80 Å². The van der Waals surface area contributed by atoms with E-state index in [1.165, 1.54) is 0 Å². The molecule has 4 saturated heterocycles. The fourth-order valence-corrected chi connectivity index (χ4v) is 4.57. The van der Waals surface area contributed by atoms with Crippen LogP contribution in [0.3, 0.4) is 0 Å². The predicted molar refractivity (Wildman–Crippen MR) is 108 cm³/mol. The highest BCUT2D eigenvalue weighted by atomic mass is 16.6. The van der Waals surface area contributed by atoms with Crippen LogP contribution in [0.2, 0.25) is 0 Å². The lowest BCUT2D eigenvalue weighted by Gasteiger charge is -2.57. The molecule has 0 aromatic heterocycles. The largest absolute Gasteiger partial charge is 0.445 e. The number of piperidine rings is 1. The van der Waals surface area contributed by atoms with Gasteiger partial charge in [-0.25, -0.2) is 9.59 Å². The van der Waals surface area contributed by atoms with Crippen LogP contribution in [0, 0.1) is 0 Å². The molecule has 7 heteroatoms. The van der Waals surface area contributed by atoms with Crippen LogP contribution < -0.4 is 0 Å². The lowest BCUT2D eigenvalue weighted by molar-refractivity contribution is -0.0845. The molecule has 7 nitrogen and oxygen atoms in total. The van der Waals surface area contributed by atoms with E-state index >= 15 is 0 Å². The Balaban J connectivity index is 1.24. The van der Waals surface area contributed by atoms with Crippen molar-refractivity contribution in [2.24, 2.45) is 0 Å². The van der Waals surface area contributed by atoms with E-state index in [1.54, 1.807) is 4.90 Å². The molecule has 0 radical (unpaired) electrons. The molecule has 4 fully saturated rings. The van der Waals surface area contributed by atoms with E-state index in [0.29, 0.717) is 19.2 Å². The molecule has 0 aliphatic carbocycles. The Kier molecular flexibility index (Phi) is 5.42. The summed E-state index contributed by atoms with van der Waals surface area (Å²) in [6.45, 7) is 9.13. The first kappa shape index (κ1) is 20.0. The van der Waals surface area contributed by atoms with Crippen molar-refractivity contribution in [3.63, 3.8) is 0 Å². The summed E-state index contributed by atoms with van der Waals surface area (Å²) >= 11 is 0. The SMILES string of the molecule is CC(C)(C)OC(=O)N1C2CC1CN(C1CCN(C(=O)OCc3ccccc3)C1)C2. The molecule has 3 unspecified atom stereocenters. The minimum Gasteiger partial charge on any atom is -0.445 e. The van der Waals surface area contributed by atoms with Gasteiger partial charge in [-0.15, -0.1) is 0 Å². The Morgan fingerprint density at radius 2 is 1.69 bits per heavy atom. The van der Waals surface area contributed by atoms with E-state index in [-0.39, 0.29) is 24.3 Å². The first-order valence-corrected chi connectivity index (χ1v) is 10.5. The fraction of sp³-hybridized carbons (Fsp3) is 0.636. The van der Waals surface area contributed by atoms with E-state index in [1.807, 2.05) is 56.0 Å². The highest BCUT2D eigenvalue weighted by Crippen LogP contribution is 2.35. The zero-order chi connectivity index (χ0) is 20.6. The van der Waals surface area contributed by atoms with Crippen LogP contribution in [-0.4, -0.2) is 76.8 Å². The van der Waals surface area contributed by atoms with Crippen LogP contribution in [0.15, 0.2) is 30.3 Å². The van der Waals surface area contributed by atoms with Gasteiger partial charge >= 0.3 is 12.2 Å². The van der Waals surface area contributed by atoms with Crippen molar-refractivity contribution in [2.45, 2.75) is 63.9 Å². The normalized spacial score (nSPS) is 26.8. The molecular weight excluding hydrogens is 370 g/mol. The Bertz CT molecular complexity index is 736. The summed E-state index contributed by atoms with van der Waals surface area (Å²) in [6, 6.07) is 10.5. The molecule has 1 aromatic carbocycles. The molecule has 158 valence electrons. The van der Waals surface area contributed by atoms with Gasteiger partial charge in [0.1, 0.15) is 12.2 Å². The molecule has 4 heterocycles. The number of carbonyl (C=O) groups excluding carboxylic acids is 2. The second-order valence-corrected chi connectivity index (χ2v) is 9.31. The molecule has 0 N–H and O–H groups in total. The van der Waals surface area contributed by atoms with Gasteiger partial charge in [-0.05, 0) is 39.2 Å². The smallest absolute Gasteiger partial charge is 0.410 e. The average molecular weight is 402 g/mol. The number of piperazine rings is 1. The molecular formula is C22H31N3O4. The van der Waals surface area contributed by atoms with Gasteiger partial charge in [0, 0.05) is 32.2 Å². The minimum absolute atomic E-state index is 0.198. The van der Waals surface area contributed by atoms with Crippen molar-refractivity contribution in [3.8, 4) is 0 Å². The molecule has 29 heavy (non-hydrogen) atoms. The third kappa shape index (κ3) is 4.50. The number of amides is 2. The standard InChI is InChI=1S/C22H31N3O4/c1-22(2,3)29-21(27)25-18-11-19(25)14-24(13-18)17-9-10-23(12-17)20(26)28-15-16-7-5-4-6-8-16/h4-8,17-19H,9-15H2,1-3H3. The van der Waals surface area contributed by atoms with Gasteiger partial charge in [0.15, 0.2) is 0 Å². The number of hydrogen-bond donors (Lipinski definition) is 0. The molecule has 0 spiro atoms. The second kappa shape index (κ2) is 7.86. The van der Waals surface area contributed by atoms with Gasteiger partial charge in [0.05, 0.1) is 12.1 Å². The van der Waals surface area contributed by atoms with Crippen LogP contribution in [0.5, 0.6) is 0 Å². The summed E-state index contributed by atoms with van der Waals surface area (Å²) in [5.41, 5.74) is 0.530. The molecule has 2 amide bonds. The van der Waals surface area contributed by atoms with Crippen molar-refractivity contribution in [1.82, 2.24) is 14.7 Å². The maximum Gasteiger partial charge on any atom is 0.410 e. The predicted octanol–water partition coefficient (Wildman–Crippen LogP) is 3.09. The monoisotopic (exact) mass is 401 g/mol. The van der Waals surface area contributed by atoms with E-state index < -0.39 is 5.60 Å². The highest BCUT2D eigenvalue weighted by Gasteiger charge is 2.50. The Morgan fingerprint density at radius 3 is 2.34 bits per heavy atom. The average Bonchev–Trinajstić information content (AvgIpc) is 3.16. The number of hydrogen-bond acceptors (Lipinski definition) is 5. The van der Waals surface area contributed by atoms with Crippen molar-refractivity contribution >= 4 is 12.2 Å². The second-order valence-electron chi connectivity index (χ2n) is 9.31. The molecule has 4 aliphatic heterocycles. The summed E-state index contributed by atoms with van der Waals surface area (Å²) in [6.07, 6.45) is 1.56. The Morgan fingerprint density at radius 1 is 1.00 bits per heavy atom. The summed E-state index contributed by atoms with van der Waals surface area (Å²) in [4.78, 5) is 31.0. The van der Waals surface area contributed by atoms with Gasteiger partial charge in [-0.1, -0.05) is 30.3 Å². The highest BCUT2D eigenvalue weighted by molar-refractivity contribution is 5.70. The minimum atomic E-state index is -0.466. The van der Waals surface area contributed by atoms with E-state index in [9.17, 15) is 9.59 Å².